The van der Waals surface area contributed by atoms with Gasteiger partial charge in [-0.2, -0.15) is 0 Å². The number of benzene rings is 2. The molecule has 0 bridgehead atoms. The largest absolute Gasteiger partial charge is 0.494 e. The molecular formula is C25H31N3O4. The van der Waals surface area contributed by atoms with Crippen LogP contribution in [-0.2, 0) is 9.59 Å². The fourth-order valence-corrected chi connectivity index (χ4v) is 3.60. The molecule has 1 fully saturated rings. The summed E-state index contributed by atoms with van der Waals surface area (Å²) in [5.41, 5.74) is 2.17. The van der Waals surface area contributed by atoms with Crippen LogP contribution in [0.15, 0.2) is 48.5 Å². The van der Waals surface area contributed by atoms with Crippen molar-refractivity contribution in [2.24, 2.45) is 5.92 Å². The highest BCUT2D eigenvalue weighted by atomic mass is 16.5. The van der Waals surface area contributed by atoms with Crippen LogP contribution in [-0.4, -0.2) is 41.9 Å². The van der Waals surface area contributed by atoms with E-state index in [0.717, 1.165) is 17.7 Å². The highest BCUT2D eigenvalue weighted by molar-refractivity contribution is 6.22. The second-order valence-corrected chi connectivity index (χ2v) is 8.39. The summed E-state index contributed by atoms with van der Waals surface area (Å²) in [7, 11) is 0. The Balaban J connectivity index is 1.76. The maximum absolute atomic E-state index is 13.2. The third-order valence-corrected chi connectivity index (χ3v) is 5.39. The molecule has 1 atom stereocenters. The van der Waals surface area contributed by atoms with E-state index < -0.39 is 6.04 Å². The number of nitrogens with zero attached hydrogens (tertiary/aromatic N) is 2. The van der Waals surface area contributed by atoms with Crippen molar-refractivity contribution in [3.63, 3.8) is 0 Å². The maximum atomic E-state index is 13.2. The molecule has 0 aromatic heterocycles. The number of carbonyl (C=O) groups is 3. The van der Waals surface area contributed by atoms with Crippen molar-refractivity contribution in [1.29, 1.82) is 0 Å². The first kappa shape index (κ1) is 23.3. The summed E-state index contributed by atoms with van der Waals surface area (Å²) in [6, 6.07) is 13.1. The minimum atomic E-state index is -0.828. The average Bonchev–Trinajstić information content (AvgIpc) is 2.98. The van der Waals surface area contributed by atoms with E-state index in [4.69, 9.17) is 4.74 Å². The molecule has 0 spiro atoms. The first-order chi connectivity index (χ1) is 15.3. The molecule has 0 aliphatic carbocycles. The minimum Gasteiger partial charge on any atom is -0.494 e. The first-order valence-corrected chi connectivity index (χ1v) is 11.0. The van der Waals surface area contributed by atoms with Gasteiger partial charge in [0.05, 0.1) is 18.7 Å². The molecular weight excluding hydrogens is 406 g/mol. The van der Waals surface area contributed by atoms with Crippen LogP contribution in [0.3, 0.4) is 0 Å². The summed E-state index contributed by atoms with van der Waals surface area (Å²) < 4.78 is 5.41. The fraction of sp³-hybridized carbons (Fsp3) is 0.400. The number of aryl methyl sites for hydroxylation is 1. The molecule has 1 aliphatic rings. The van der Waals surface area contributed by atoms with Crippen LogP contribution in [0.1, 0.15) is 39.2 Å². The lowest BCUT2D eigenvalue weighted by molar-refractivity contribution is -0.124. The standard InChI is InChI=1S/C25H31N3O4/c1-5-32-21-12-8-19(9-13-21)26-23(29)16-22-24(30)28(20-10-6-18(4)7-11-20)25(31)27(22)15-14-17(2)3/h6-13,17,22H,5,14-16H2,1-4H3,(H,26,29)/t22-/m0/s1. The molecule has 0 saturated carbocycles. The van der Waals surface area contributed by atoms with Crippen LogP contribution < -0.4 is 15.0 Å². The van der Waals surface area contributed by atoms with E-state index in [9.17, 15) is 14.4 Å². The predicted octanol–water partition coefficient (Wildman–Crippen LogP) is 4.61. The third-order valence-electron chi connectivity index (χ3n) is 5.39. The lowest BCUT2D eigenvalue weighted by Crippen LogP contribution is -2.39. The molecule has 2 aromatic rings. The van der Waals surface area contributed by atoms with Gasteiger partial charge in [-0.3, -0.25) is 9.59 Å². The summed E-state index contributed by atoms with van der Waals surface area (Å²) in [5.74, 6) is 0.394. The molecule has 3 rings (SSSR count). The van der Waals surface area contributed by atoms with Crippen molar-refractivity contribution >= 4 is 29.2 Å². The van der Waals surface area contributed by atoms with Crippen LogP contribution in [0.4, 0.5) is 16.2 Å². The van der Waals surface area contributed by atoms with Crippen LogP contribution in [0.25, 0.3) is 0 Å². The second kappa shape index (κ2) is 10.3. The van der Waals surface area contributed by atoms with Crippen LogP contribution >= 0.6 is 0 Å². The normalized spacial score (nSPS) is 16.1. The molecule has 170 valence electrons. The first-order valence-electron chi connectivity index (χ1n) is 11.0. The van der Waals surface area contributed by atoms with E-state index in [2.05, 4.69) is 19.2 Å². The molecule has 7 heteroatoms. The van der Waals surface area contributed by atoms with Gasteiger partial charge in [-0.25, -0.2) is 9.69 Å². The molecule has 0 radical (unpaired) electrons. The molecule has 1 aliphatic heterocycles. The van der Waals surface area contributed by atoms with Crippen molar-refractivity contribution in [2.75, 3.05) is 23.4 Å². The van der Waals surface area contributed by atoms with Crippen LogP contribution in [0, 0.1) is 12.8 Å². The average molecular weight is 438 g/mol. The van der Waals surface area contributed by atoms with E-state index in [1.165, 1.54) is 9.80 Å². The van der Waals surface area contributed by atoms with Crippen molar-refractivity contribution < 1.29 is 19.1 Å². The molecule has 2 aromatic carbocycles. The Morgan fingerprint density at radius 3 is 2.31 bits per heavy atom. The van der Waals surface area contributed by atoms with E-state index in [0.29, 0.717) is 30.4 Å². The van der Waals surface area contributed by atoms with Crippen molar-refractivity contribution in [2.45, 2.75) is 46.6 Å². The van der Waals surface area contributed by atoms with Gasteiger partial charge in [0.25, 0.3) is 5.91 Å². The lowest BCUT2D eigenvalue weighted by Gasteiger charge is -2.22. The Morgan fingerprint density at radius 2 is 1.72 bits per heavy atom. The Kier molecular flexibility index (Phi) is 7.51. The molecule has 1 N–H and O–H groups in total. The van der Waals surface area contributed by atoms with Gasteiger partial charge in [-0.15, -0.1) is 0 Å². The number of carbonyl (C=O) groups excluding carboxylic acids is 3. The van der Waals surface area contributed by atoms with E-state index in [1.807, 2.05) is 26.0 Å². The van der Waals surface area contributed by atoms with Crippen LogP contribution in [0.5, 0.6) is 5.75 Å². The van der Waals surface area contributed by atoms with Gasteiger partial charge in [0.15, 0.2) is 0 Å². The van der Waals surface area contributed by atoms with Crippen molar-refractivity contribution in [3.8, 4) is 5.75 Å². The number of ether oxygens (including phenoxy) is 1. The number of amides is 4. The molecule has 1 heterocycles. The number of anilines is 2. The molecule has 0 unspecified atom stereocenters. The summed E-state index contributed by atoms with van der Waals surface area (Å²) in [6.45, 7) is 8.96. The highest BCUT2D eigenvalue weighted by Crippen LogP contribution is 2.28. The zero-order valence-electron chi connectivity index (χ0n) is 19.1. The molecule has 32 heavy (non-hydrogen) atoms. The zero-order valence-corrected chi connectivity index (χ0v) is 19.1. The van der Waals surface area contributed by atoms with Gasteiger partial charge >= 0.3 is 6.03 Å². The third kappa shape index (κ3) is 5.46. The fourth-order valence-electron chi connectivity index (χ4n) is 3.60. The van der Waals surface area contributed by atoms with E-state index in [-0.39, 0.29) is 24.3 Å². The summed E-state index contributed by atoms with van der Waals surface area (Å²) >= 11 is 0. The lowest BCUT2D eigenvalue weighted by atomic mass is 10.1. The Morgan fingerprint density at radius 1 is 1.06 bits per heavy atom. The summed E-state index contributed by atoms with van der Waals surface area (Å²) in [4.78, 5) is 41.8. The van der Waals surface area contributed by atoms with Crippen molar-refractivity contribution in [3.05, 3.63) is 54.1 Å². The smallest absolute Gasteiger partial charge is 0.332 e. The molecule has 1 saturated heterocycles. The summed E-state index contributed by atoms with van der Waals surface area (Å²) in [5, 5.41) is 2.82. The SMILES string of the molecule is CCOc1ccc(NC(=O)C[C@H]2C(=O)N(c3ccc(C)cc3)C(=O)N2CCC(C)C)cc1. The molecule has 4 amide bonds. The monoisotopic (exact) mass is 437 g/mol. The number of hydrogen-bond acceptors (Lipinski definition) is 4. The number of imide groups is 1. The number of nitrogens with one attached hydrogen (secondary N) is 1. The second-order valence-electron chi connectivity index (χ2n) is 8.39. The molecule has 7 nitrogen and oxygen atoms in total. The minimum absolute atomic E-state index is 0.0990. The van der Waals surface area contributed by atoms with E-state index >= 15 is 0 Å². The van der Waals surface area contributed by atoms with Gasteiger partial charge in [0, 0.05) is 12.2 Å². The number of urea groups is 1. The van der Waals surface area contributed by atoms with Gasteiger partial charge in [0.2, 0.25) is 5.91 Å². The number of rotatable bonds is 9. The van der Waals surface area contributed by atoms with Crippen LogP contribution in [0.2, 0.25) is 0 Å². The van der Waals surface area contributed by atoms with E-state index in [1.54, 1.807) is 36.4 Å². The topological polar surface area (TPSA) is 79.0 Å². The Labute approximate surface area is 189 Å². The Hall–Kier alpha value is -3.35. The van der Waals surface area contributed by atoms with Gasteiger partial charge in [-0.1, -0.05) is 31.5 Å². The predicted molar refractivity (Wildman–Crippen MR) is 125 cm³/mol. The van der Waals surface area contributed by atoms with Gasteiger partial charge in [-0.05, 0) is 62.6 Å². The van der Waals surface area contributed by atoms with Gasteiger partial charge < -0.3 is 15.0 Å². The number of hydrogen-bond donors (Lipinski definition) is 1. The zero-order chi connectivity index (χ0) is 23.3. The quantitative estimate of drug-likeness (QED) is 0.581. The highest BCUT2D eigenvalue weighted by Gasteiger charge is 2.46. The van der Waals surface area contributed by atoms with Crippen molar-refractivity contribution in [1.82, 2.24) is 4.90 Å². The Bertz CT molecular complexity index is 954. The summed E-state index contributed by atoms with van der Waals surface area (Å²) in [6.07, 6.45) is 0.649. The maximum Gasteiger partial charge on any atom is 0.332 e. The van der Waals surface area contributed by atoms with Gasteiger partial charge in [0.1, 0.15) is 11.8 Å².